The van der Waals surface area contributed by atoms with Crippen LogP contribution in [0.25, 0.3) is 0 Å². The Hall–Kier alpha value is -0.330. The molecule has 1 aromatic rings. The van der Waals surface area contributed by atoms with E-state index in [0.29, 0.717) is 0 Å². The quantitative estimate of drug-likeness (QED) is 0.864. The van der Waals surface area contributed by atoms with E-state index in [1.165, 1.54) is 18.5 Å². The minimum Gasteiger partial charge on any atom is -0.316 e. The molecule has 0 fully saturated rings. The van der Waals surface area contributed by atoms with Crippen molar-refractivity contribution in [3.05, 3.63) is 28.5 Å². The molecule has 14 heavy (non-hydrogen) atoms. The third-order valence-corrected chi connectivity index (χ3v) is 2.15. The van der Waals surface area contributed by atoms with Gasteiger partial charge in [-0.2, -0.15) is 13.2 Å². The minimum absolute atomic E-state index is 0. The van der Waals surface area contributed by atoms with Crippen molar-refractivity contribution >= 4 is 28.3 Å². The number of aromatic nitrogens is 1. The summed E-state index contributed by atoms with van der Waals surface area (Å²) in [5.41, 5.74) is 4.98. The summed E-state index contributed by atoms with van der Waals surface area (Å²) in [7, 11) is 0. The van der Waals surface area contributed by atoms with Crippen LogP contribution in [0.3, 0.4) is 0 Å². The highest BCUT2D eigenvalue weighted by Crippen LogP contribution is 2.33. The number of pyridine rings is 1. The zero-order valence-electron chi connectivity index (χ0n) is 6.75. The SMILES string of the molecule is Cl.N[C@H](c1ccncc1Br)C(F)(F)F. The van der Waals surface area contributed by atoms with Gasteiger partial charge in [0.1, 0.15) is 6.04 Å². The van der Waals surface area contributed by atoms with Crippen LogP contribution in [-0.2, 0) is 0 Å². The maximum absolute atomic E-state index is 12.1. The van der Waals surface area contributed by atoms with Crippen molar-refractivity contribution < 1.29 is 13.2 Å². The predicted octanol–water partition coefficient (Wildman–Crippen LogP) is 2.83. The summed E-state index contributed by atoms with van der Waals surface area (Å²) in [5, 5.41) is 0. The summed E-state index contributed by atoms with van der Waals surface area (Å²) in [6.45, 7) is 0. The van der Waals surface area contributed by atoms with Gasteiger partial charge in [0.05, 0.1) is 0 Å². The number of nitrogens with zero attached hydrogens (tertiary/aromatic N) is 1. The molecule has 2 nitrogen and oxygen atoms in total. The molecule has 80 valence electrons. The monoisotopic (exact) mass is 290 g/mol. The number of halogens is 5. The van der Waals surface area contributed by atoms with E-state index in [1.807, 2.05) is 0 Å². The van der Waals surface area contributed by atoms with Gasteiger partial charge in [0.25, 0.3) is 0 Å². The second-order valence-electron chi connectivity index (χ2n) is 2.42. The highest BCUT2D eigenvalue weighted by Gasteiger charge is 2.38. The lowest BCUT2D eigenvalue weighted by Gasteiger charge is -2.16. The van der Waals surface area contributed by atoms with E-state index in [2.05, 4.69) is 20.9 Å². The highest BCUT2D eigenvalue weighted by atomic mass is 79.9. The first-order valence-corrected chi connectivity index (χ1v) is 4.14. The number of hydrogen-bond acceptors (Lipinski definition) is 2. The van der Waals surface area contributed by atoms with Crippen LogP contribution < -0.4 is 5.73 Å². The lowest BCUT2D eigenvalue weighted by Crippen LogP contribution is -2.28. The molecule has 0 aliphatic heterocycles. The number of nitrogens with two attached hydrogens (primary N) is 1. The van der Waals surface area contributed by atoms with Crippen molar-refractivity contribution in [1.29, 1.82) is 0 Å². The largest absolute Gasteiger partial charge is 0.407 e. The van der Waals surface area contributed by atoms with Gasteiger partial charge in [0.2, 0.25) is 0 Å². The number of alkyl halides is 3. The van der Waals surface area contributed by atoms with Crippen molar-refractivity contribution in [1.82, 2.24) is 4.98 Å². The van der Waals surface area contributed by atoms with Crippen molar-refractivity contribution in [2.24, 2.45) is 5.73 Å². The van der Waals surface area contributed by atoms with Gasteiger partial charge in [-0.1, -0.05) is 0 Å². The lowest BCUT2D eigenvalue weighted by molar-refractivity contribution is -0.149. The Morgan fingerprint density at radius 1 is 1.43 bits per heavy atom. The van der Waals surface area contributed by atoms with Gasteiger partial charge in [0, 0.05) is 16.9 Å². The number of rotatable bonds is 1. The van der Waals surface area contributed by atoms with Crippen LogP contribution in [0, 0.1) is 0 Å². The van der Waals surface area contributed by atoms with Gasteiger partial charge >= 0.3 is 6.18 Å². The van der Waals surface area contributed by atoms with Crippen LogP contribution in [0.1, 0.15) is 11.6 Å². The molecule has 0 saturated heterocycles. The molecule has 2 N–H and O–H groups in total. The summed E-state index contributed by atoms with van der Waals surface area (Å²) < 4.78 is 36.7. The maximum Gasteiger partial charge on any atom is 0.407 e. The van der Waals surface area contributed by atoms with Crippen LogP contribution in [0.2, 0.25) is 0 Å². The van der Waals surface area contributed by atoms with Crippen molar-refractivity contribution in [3.63, 3.8) is 0 Å². The van der Waals surface area contributed by atoms with E-state index in [-0.39, 0.29) is 22.4 Å². The molecule has 1 aromatic heterocycles. The molecular formula is C7H7BrClF3N2. The van der Waals surface area contributed by atoms with E-state index in [9.17, 15) is 13.2 Å². The van der Waals surface area contributed by atoms with Crippen LogP contribution in [-0.4, -0.2) is 11.2 Å². The van der Waals surface area contributed by atoms with Gasteiger partial charge in [-0.25, -0.2) is 0 Å². The van der Waals surface area contributed by atoms with Crippen LogP contribution in [0.15, 0.2) is 22.9 Å². The lowest BCUT2D eigenvalue weighted by atomic mass is 10.1. The van der Waals surface area contributed by atoms with Crippen LogP contribution in [0.5, 0.6) is 0 Å². The zero-order chi connectivity index (χ0) is 10.1. The van der Waals surface area contributed by atoms with Gasteiger partial charge in [-0.05, 0) is 27.6 Å². The van der Waals surface area contributed by atoms with E-state index >= 15 is 0 Å². The topological polar surface area (TPSA) is 38.9 Å². The van der Waals surface area contributed by atoms with Gasteiger partial charge in [-0.3, -0.25) is 4.98 Å². The third kappa shape index (κ3) is 3.11. The Bertz CT molecular complexity index is 305. The molecule has 0 unspecified atom stereocenters. The fourth-order valence-corrected chi connectivity index (χ4v) is 1.31. The molecule has 0 aliphatic rings. The minimum atomic E-state index is -4.43. The van der Waals surface area contributed by atoms with E-state index in [0.717, 1.165) is 0 Å². The van der Waals surface area contributed by atoms with Gasteiger partial charge in [-0.15, -0.1) is 12.4 Å². The smallest absolute Gasteiger partial charge is 0.316 e. The molecule has 1 heterocycles. The standard InChI is InChI=1S/C7H6BrF3N2.ClH/c8-5-3-13-2-1-4(5)6(12)7(9,10)11;/h1-3,6H,12H2;1H/t6-;/m1./s1. The average Bonchev–Trinajstić information content (AvgIpc) is 2.02. The second-order valence-corrected chi connectivity index (χ2v) is 3.27. The Morgan fingerprint density at radius 3 is 2.43 bits per heavy atom. The van der Waals surface area contributed by atoms with Crippen molar-refractivity contribution in [3.8, 4) is 0 Å². The summed E-state index contributed by atoms with van der Waals surface area (Å²) in [5.74, 6) is 0. The maximum atomic E-state index is 12.1. The fraction of sp³-hybridized carbons (Fsp3) is 0.286. The molecule has 0 spiro atoms. The first-order chi connectivity index (χ1) is 5.93. The van der Waals surface area contributed by atoms with Crippen molar-refractivity contribution in [2.75, 3.05) is 0 Å². The molecule has 0 radical (unpaired) electrons. The summed E-state index contributed by atoms with van der Waals surface area (Å²) in [6, 6.07) is -0.729. The molecular weight excluding hydrogens is 284 g/mol. The number of hydrogen-bond donors (Lipinski definition) is 1. The first-order valence-electron chi connectivity index (χ1n) is 3.34. The van der Waals surface area contributed by atoms with Crippen molar-refractivity contribution in [2.45, 2.75) is 12.2 Å². The normalized spacial score (nSPS) is 13.2. The summed E-state index contributed by atoms with van der Waals surface area (Å²) in [6.07, 6.45) is -1.88. The second kappa shape index (κ2) is 4.95. The van der Waals surface area contributed by atoms with E-state index in [4.69, 9.17) is 5.73 Å². The Labute approximate surface area is 93.2 Å². The predicted molar refractivity (Wildman–Crippen MR) is 52.2 cm³/mol. The zero-order valence-corrected chi connectivity index (χ0v) is 9.16. The van der Waals surface area contributed by atoms with Crippen LogP contribution in [0.4, 0.5) is 13.2 Å². The van der Waals surface area contributed by atoms with E-state index < -0.39 is 12.2 Å². The van der Waals surface area contributed by atoms with Gasteiger partial charge in [0.15, 0.2) is 0 Å². The van der Waals surface area contributed by atoms with E-state index in [1.54, 1.807) is 0 Å². The Morgan fingerprint density at radius 2 is 2.00 bits per heavy atom. The third-order valence-electron chi connectivity index (χ3n) is 1.49. The molecule has 1 rings (SSSR count). The molecule has 1 atom stereocenters. The first kappa shape index (κ1) is 13.7. The molecule has 0 saturated carbocycles. The molecule has 0 amide bonds. The van der Waals surface area contributed by atoms with Gasteiger partial charge < -0.3 is 5.73 Å². The highest BCUT2D eigenvalue weighted by molar-refractivity contribution is 9.10. The Kier molecular flexibility index (Phi) is 4.83. The summed E-state index contributed by atoms with van der Waals surface area (Å²) in [4.78, 5) is 3.64. The molecule has 0 aromatic carbocycles. The summed E-state index contributed by atoms with van der Waals surface area (Å²) >= 11 is 2.95. The Balaban J connectivity index is 0.00000169. The molecule has 0 bridgehead atoms. The molecule has 7 heteroatoms. The molecule has 0 aliphatic carbocycles. The fourth-order valence-electron chi connectivity index (χ4n) is 0.814. The average molecular weight is 291 g/mol. The van der Waals surface area contributed by atoms with Crippen LogP contribution >= 0.6 is 28.3 Å².